The molecule has 3 amide bonds. The third kappa shape index (κ3) is 13.4. The number of carbonyl (C=O) groups excluding carboxylic acids is 3. The van der Waals surface area contributed by atoms with Gasteiger partial charge in [-0.25, -0.2) is 4.79 Å². The molecule has 1 aliphatic heterocycles. The number of likely N-dealkylation sites (tertiary alicyclic amines) is 1. The number of nitrogens with zero attached hydrogens (tertiary/aromatic N) is 1. The van der Waals surface area contributed by atoms with Crippen molar-refractivity contribution in [2.24, 2.45) is 0 Å². The molecule has 382 valence electrons. The van der Waals surface area contributed by atoms with Gasteiger partial charge < -0.3 is 38.7 Å². The summed E-state index contributed by atoms with van der Waals surface area (Å²) in [6, 6.07) is 43.9. The molecule has 1 heterocycles. The average molecular weight is 1020 g/mol. The second-order valence-electron chi connectivity index (χ2n) is 18.3. The molecular weight excluding hydrogens is 955 g/mol. The minimum Gasteiger partial charge on any atom is -0.445 e. The minimum atomic E-state index is -4.15. The zero-order chi connectivity index (χ0) is 51.9. The Balaban J connectivity index is 1.59. The zero-order valence-electron chi connectivity index (χ0n) is 41.8. The van der Waals surface area contributed by atoms with Gasteiger partial charge in [-0.15, -0.1) is 0 Å². The highest BCUT2D eigenvalue weighted by molar-refractivity contribution is 7.86. The smallest absolute Gasteiger partial charge is 0.414 e. The fourth-order valence-electron chi connectivity index (χ4n) is 8.68. The molecule has 0 aliphatic carbocycles. The summed E-state index contributed by atoms with van der Waals surface area (Å²) in [5.74, 6) is -3.23. The number of amides is 3. The van der Waals surface area contributed by atoms with E-state index in [0.29, 0.717) is 5.56 Å². The largest absolute Gasteiger partial charge is 0.445 e. The number of carbonyl (C=O) groups is 3. The van der Waals surface area contributed by atoms with Crippen molar-refractivity contribution >= 4 is 46.7 Å². The Labute approximate surface area is 424 Å². The third-order valence-electron chi connectivity index (χ3n) is 12.5. The zero-order valence-corrected chi connectivity index (χ0v) is 43.6. The number of rotatable bonds is 23. The quantitative estimate of drug-likeness (QED) is 0.0229. The summed E-state index contributed by atoms with van der Waals surface area (Å²) in [5.41, 5.74) is 0.939. The van der Waals surface area contributed by atoms with Crippen LogP contribution >= 0.6 is 0 Å². The van der Waals surface area contributed by atoms with Crippen LogP contribution < -0.4 is 21.0 Å². The van der Waals surface area contributed by atoms with Crippen molar-refractivity contribution in [2.45, 2.75) is 76.0 Å². The van der Waals surface area contributed by atoms with E-state index in [2.05, 4.69) is 38.0 Å². The summed E-state index contributed by atoms with van der Waals surface area (Å²) in [6.07, 6.45) is -1.47. The number of hydrogen-bond acceptors (Lipinski definition) is 12. The fourth-order valence-corrected chi connectivity index (χ4v) is 13.6. The number of methoxy groups -OCH3 is 2. The highest BCUT2D eigenvalue weighted by atomic mass is 32.2. The molecule has 0 bridgehead atoms. The van der Waals surface area contributed by atoms with Gasteiger partial charge in [0, 0.05) is 19.8 Å². The fraction of sp³-hybridized carbons (Fsp3) is 0.327. The third-order valence-corrected chi connectivity index (χ3v) is 18.0. The van der Waals surface area contributed by atoms with Crippen molar-refractivity contribution in [1.29, 1.82) is 0 Å². The molecule has 17 heteroatoms. The Kier molecular flexibility index (Phi) is 19.0. The molecule has 0 spiro atoms. The minimum absolute atomic E-state index is 0.0471. The molecule has 0 radical (unpaired) electrons. The molecule has 1 aliphatic rings. The van der Waals surface area contributed by atoms with Crippen molar-refractivity contribution < 1.29 is 55.1 Å². The van der Waals surface area contributed by atoms with Gasteiger partial charge in [-0.05, 0) is 45.6 Å². The Morgan fingerprint density at radius 2 is 1.22 bits per heavy atom. The van der Waals surface area contributed by atoms with Crippen molar-refractivity contribution in [3.8, 4) is 0 Å². The first-order chi connectivity index (χ1) is 34.5. The molecule has 1 fully saturated rings. The summed E-state index contributed by atoms with van der Waals surface area (Å²) in [6.45, 7) is 10.4. The van der Waals surface area contributed by atoms with E-state index < -0.39 is 83.8 Å². The second-order valence-corrected chi connectivity index (χ2v) is 24.2. The molecule has 72 heavy (non-hydrogen) atoms. The van der Waals surface area contributed by atoms with E-state index in [1.807, 2.05) is 121 Å². The molecule has 0 aromatic heterocycles. The van der Waals surface area contributed by atoms with Crippen molar-refractivity contribution in [3.05, 3.63) is 192 Å². The Bertz CT molecular complexity index is 2670. The van der Waals surface area contributed by atoms with Crippen LogP contribution in [0.4, 0.5) is 4.79 Å². The predicted molar refractivity (Wildman–Crippen MR) is 277 cm³/mol. The maximum atomic E-state index is 15.8. The molecule has 0 saturated carbocycles. The van der Waals surface area contributed by atoms with Crippen LogP contribution in [0.25, 0.3) is 0 Å². The van der Waals surface area contributed by atoms with Crippen LogP contribution in [0.1, 0.15) is 49.2 Å². The maximum absolute atomic E-state index is 15.8. The van der Waals surface area contributed by atoms with E-state index in [0.717, 1.165) is 27.1 Å². The van der Waals surface area contributed by atoms with Gasteiger partial charge in [-0.2, -0.15) is 8.42 Å². The highest BCUT2D eigenvalue weighted by Crippen LogP contribution is 2.39. The van der Waals surface area contributed by atoms with Gasteiger partial charge in [-0.3, -0.25) is 18.7 Å². The lowest BCUT2D eigenvalue weighted by molar-refractivity contribution is -0.216. The van der Waals surface area contributed by atoms with Crippen LogP contribution in [-0.2, 0) is 60.4 Å². The van der Waals surface area contributed by atoms with Gasteiger partial charge in [0.2, 0.25) is 0 Å². The lowest BCUT2D eigenvalue weighted by Gasteiger charge is -2.45. The Morgan fingerprint density at radius 3 is 1.69 bits per heavy atom. The first-order valence-electron chi connectivity index (χ1n) is 23.5. The second kappa shape index (κ2) is 24.9. The molecular formula is C55H65N3O12SSi. The predicted octanol–water partition coefficient (Wildman–Crippen LogP) is 6.85. The van der Waals surface area contributed by atoms with Gasteiger partial charge in [0.05, 0.1) is 44.4 Å². The SMILES string of the molecule is C=CCOC(=O)N1/C(=C(\NC(=O)c2ccccc2)C(=O)N[C@H](CO[Si](c2ccccc2)(c2ccccc2)C(C)(C)C)C(C)(OC)OC)[C@@H](OCc2ccccc2)[C@H](OCc2ccccc2)[C@@H]1COS(C)(=O)=O. The van der Waals surface area contributed by atoms with Gasteiger partial charge >= 0.3 is 6.09 Å². The lowest BCUT2D eigenvalue weighted by atomic mass is 10.1. The summed E-state index contributed by atoms with van der Waals surface area (Å²) in [4.78, 5) is 46.1. The van der Waals surface area contributed by atoms with E-state index in [1.165, 1.54) is 20.3 Å². The normalized spacial score (nSPS) is 17.4. The van der Waals surface area contributed by atoms with Crippen LogP contribution in [-0.4, -0.2) is 110 Å². The molecule has 5 aromatic carbocycles. The van der Waals surface area contributed by atoms with Crippen LogP contribution in [0, 0.1) is 0 Å². The van der Waals surface area contributed by atoms with Gasteiger partial charge in [-0.1, -0.05) is 173 Å². The topological polar surface area (TPSA) is 177 Å². The van der Waals surface area contributed by atoms with E-state index in [9.17, 15) is 18.0 Å². The Hall–Kier alpha value is -6.28. The monoisotopic (exact) mass is 1020 g/mol. The number of hydrogen-bond donors (Lipinski definition) is 2. The van der Waals surface area contributed by atoms with Crippen molar-refractivity contribution in [3.63, 3.8) is 0 Å². The molecule has 1 saturated heterocycles. The first kappa shape index (κ1) is 55.0. The summed E-state index contributed by atoms with van der Waals surface area (Å²) in [5, 5.41) is 7.38. The molecule has 5 aromatic rings. The van der Waals surface area contributed by atoms with Crippen LogP contribution in [0.2, 0.25) is 5.04 Å². The number of nitrogens with one attached hydrogen (secondary N) is 2. The summed E-state index contributed by atoms with van der Waals surface area (Å²) in [7, 11) is -4.57. The average Bonchev–Trinajstić information content (AvgIpc) is 3.70. The van der Waals surface area contributed by atoms with Crippen LogP contribution in [0.3, 0.4) is 0 Å². The standard InChI is InChI=1S/C55H65N3O12SSi/c1-9-35-66-53(61)58-45(38-69-71(8,62)63)49(67-36-40-25-15-10-16-26-40)50(68-37-41-27-17-11-18-28-41)48(58)47(57-51(59)42-29-19-12-20-30-42)52(60)56-46(55(5,64-6)65-7)39-70-72(54(2,3)4,43-31-21-13-22-32-43)44-33-23-14-24-34-44/h9-34,45-46,49-50H,1,35-39H2,2-8H3,(H,56,60)(H,57,59)/b48-47-/t45-,46+,49+,50+/m0/s1. The molecule has 4 atom stereocenters. The highest BCUT2D eigenvalue weighted by Gasteiger charge is 2.55. The summed E-state index contributed by atoms with van der Waals surface area (Å²) >= 11 is 0. The van der Waals surface area contributed by atoms with Crippen molar-refractivity contribution in [2.75, 3.05) is 40.3 Å². The molecule has 15 nitrogen and oxygen atoms in total. The summed E-state index contributed by atoms with van der Waals surface area (Å²) < 4.78 is 69.5. The van der Waals surface area contributed by atoms with Crippen LogP contribution in [0.15, 0.2) is 176 Å². The Morgan fingerprint density at radius 1 is 0.736 bits per heavy atom. The number of ether oxygens (including phenoxy) is 5. The van der Waals surface area contributed by atoms with Crippen LogP contribution in [0.5, 0.6) is 0 Å². The van der Waals surface area contributed by atoms with E-state index in [4.69, 9.17) is 32.3 Å². The molecule has 0 unspecified atom stereocenters. The maximum Gasteiger partial charge on any atom is 0.414 e. The van der Waals surface area contributed by atoms with Gasteiger partial charge in [0.1, 0.15) is 30.6 Å². The molecule has 2 N–H and O–H groups in total. The van der Waals surface area contributed by atoms with Gasteiger partial charge in [0.15, 0.2) is 5.79 Å². The first-order valence-corrected chi connectivity index (χ1v) is 27.2. The molecule has 6 rings (SSSR count). The van der Waals surface area contributed by atoms with E-state index in [1.54, 1.807) is 37.3 Å². The van der Waals surface area contributed by atoms with E-state index in [-0.39, 0.29) is 37.7 Å². The van der Waals surface area contributed by atoms with Crippen molar-refractivity contribution in [1.82, 2.24) is 15.5 Å². The number of benzene rings is 5. The lowest BCUT2D eigenvalue weighted by Crippen LogP contribution is -2.68. The van der Waals surface area contributed by atoms with Gasteiger partial charge in [0.25, 0.3) is 30.2 Å². The van der Waals surface area contributed by atoms with E-state index >= 15 is 4.79 Å².